The smallest absolute Gasteiger partial charge is 0.348 e. The number of benzene rings is 2. The Balaban J connectivity index is 1.67. The van der Waals surface area contributed by atoms with Gasteiger partial charge in [0.15, 0.2) is 6.10 Å². The van der Waals surface area contributed by atoms with Crippen LogP contribution in [0.25, 0.3) is 0 Å². The first-order valence-electron chi connectivity index (χ1n) is 8.51. The van der Waals surface area contributed by atoms with Crippen LogP contribution in [0, 0.1) is 0 Å². The van der Waals surface area contributed by atoms with Gasteiger partial charge in [-0.2, -0.15) is 0 Å². The molecule has 0 aromatic heterocycles. The fraction of sp³-hybridized carbons (Fsp3) is 0.300. The summed E-state index contributed by atoms with van der Waals surface area (Å²) in [5, 5.41) is 2.89. The van der Waals surface area contributed by atoms with Crippen LogP contribution >= 0.6 is 15.9 Å². The van der Waals surface area contributed by atoms with Crippen molar-refractivity contribution in [2.45, 2.75) is 38.0 Å². The average Bonchev–Trinajstić information content (AvgIpc) is 3.46. The van der Waals surface area contributed by atoms with Crippen LogP contribution in [-0.2, 0) is 14.3 Å². The van der Waals surface area contributed by atoms with Gasteiger partial charge in [-0.15, -0.1) is 0 Å². The molecule has 5 nitrogen and oxygen atoms in total. The van der Waals surface area contributed by atoms with Gasteiger partial charge in [0, 0.05) is 16.1 Å². The molecular weight excluding hydrogens is 398 g/mol. The molecule has 0 spiro atoms. The summed E-state index contributed by atoms with van der Waals surface area (Å²) in [5.41, 5.74) is 0.634. The Labute approximate surface area is 160 Å². The minimum Gasteiger partial charge on any atom is -0.479 e. The fourth-order valence-corrected chi connectivity index (χ4v) is 2.65. The third kappa shape index (κ3) is 5.08. The molecule has 1 aliphatic rings. The summed E-state index contributed by atoms with van der Waals surface area (Å²) in [5.74, 6) is -0.341. The van der Waals surface area contributed by atoms with E-state index in [1.165, 1.54) is 0 Å². The van der Waals surface area contributed by atoms with Crippen LogP contribution in [0.15, 0.2) is 59.1 Å². The first-order chi connectivity index (χ1) is 12.5. The molecule has 6 heteroatoms. The molecule has 1 saturated carbocycles. The molecule has 1 fully saturated rings. The maximum atomic E-state index is 12.5. The average molecular weight is 418 g/mol. The lowest BCUT2D eigenvalue weighted by atomic mass is 10.1. The molecule has 2 atom stereocenters. The highest BCUT2D eigenvalue weighted by atomic mass is 79.9. The van der Waals surface area contributed by atoms with Crippen LogP contribution in [0.5, 0.6) is 5.75 Å². The van der Waals surface area contributed by atoms with E-state index in [4.69, 9.17) is 9.47 Å². The van der Waals surface area contributed by atoms with Gasteiger partial charge in [0.2, 0.25) is 6.10 Å². The number of hydrogen-bond donors (Lipinski definition) is 1. The van der Waals surface area contributed by atoms with Crippen LogP contribution < -0.4 is 10.1 Å². The molecule has 0 heterocycles. The van der Waals surface area contributed by atoms with Crippen LogP contribution in [0.1, 0.15) is 31.4 Å². The van der Waals surface area contributed by atoms with Crippen molar-refractivity contribution in [2.75, 3.05) is 0 Å². The molecule has 136 valence electrons. The number of rotatable bonds is 7. The summed E-state index contributed by atoms with van der Waals surface area (Å²) in [4.78, 5) is 25.0. The number of amides is 1. The van der Waals surface area contributed by atoms with Gasteiger partial charge < -0.3 is 14.8 Å². The molecule has 1 aliphatic carbocycles. The Morgan fingerprint density at radius 2 is 1.73 bits per heavy atom. The third-order valence-electron chi connectivity index (χ3n) is 3.96. The van der Waals surface area contributed by atoms with E-state index in [-0.39, 0.29) is 11.9 Å². The zero-order valence-electron chi connectivity index (χ0n) is 14.4. The van der Waals surface area contributed by atoms with E-state index in [1.807, 2.05) is 30.3 Å². The molecule has 26 heavy (non-hydrogen) atoms. The summed E-state index contributed by atoms with van der Waals surface area (Å²) >= 11 is 3.35. The zero-order valence-corrected chi connectivity index (χ0v) is 15.9. The number of hydrogen-bond acceptors (Lipinski definition) is 4. The van der Waals surface area contributed by atoms with Gasteiger partial charge in [-0.05, 0) is 44.0 Å². The molecule has 0 aliphatic heterocycles. The Morgan fingerprint density at radius 3 is 2.35 bits per heavy atom. The number of halogens is 1. The second-order valence-corrected chi connectivity index (χ2v) is 7.14. The van der Waals surface area contributed by atoms with Crippen LogP contribution in [-0.4, -0.2) is 24.0 Å². The Hall–Kier alpha value is -2.34. The number of carbonyl (C=O) groups excluding carboxylic acids is 2. The maximum absolute atomic E-state index is 12.5. The van der Waals surface area contributed by atoms with Crippen LogP contribution in [0.2, 0.25) is 0 Å². The first kappa shape index (κ1) is 18.5. The molecule has 0 radical (unpaired) electrons. The minimum absolute atomic E-state index is 0.184. The van der Waals surface area contributed by atoms with E-state index < -0.39 is 18.2 Å². The van der Waals surface area contributed by atoms with E-state index in [9.17, 15) is 9.59 Å². The van der Waals surface area contributed by atoms with Gasteiger partial charge in [-0.3, -0.25) is 4.79 Å². The van der Waals surface area contributed by atoms with E-state index in [1.54, 1.807) is 31.2 Å². The summed E-state index contributed by atoms with van der Waals surface area (Å²) in [6.45, 7) is 1.60. The van der Waals surface area contributed by atoms with Crippen molar-refractivity contribution in [3.05, 3.63) is 64.6 Å². The SMILES string of the molecule is C[C@@H](Oc1ccc(Br)cc1)C(=O)O[C@@H](C(=O)NC1CC1)c1ccccc1. The molecule has 1 N–H and O–H groups in total. The number of carbonyl (C=O) groups is 2. The zero-order chi connectivity index (χ0) is 18.5. The normalized spacial score (nSPS) is 15.6. The standard InChI is InChI=1S/C20H20BrNO4/c1-13(25-17-11-7-15(21)8-12-17)20(24)26-18(14-5-3-2-4-6-14)19(23)22-16-9-10-16/h2-8,11-13,16,18H,9-10H2,1H3,(H,22,23)/t13-,18-/m1/s1. The predicted molar refractivity (Wildman–Crippen MR) is 101 cm³/mol. The maximum Gasteiger partial charge on any atom is 0.348 e. The van der Waals surface area contributed by atoms with Crippen molar-refractivity contribution in [1.29, 1.82) is 0 Å². The van der Waals surface area contributed by atoms with Crippen molar-refractivity contribution in [2.24, 2.45) is 0 Å². The van der Waals surface area contributed by atoms with Crippen molar-refractivity contribution >= 4 is 27.8 Å². The van der Waals surface area contributed by atoms with E-state index in [0.717, 1.165) is 17.3 Å². The number of esters is 1. The van der Waals surface area contributed by atoms with Gasteiger partial charge in [-0.25, -0.2) is 4.79 Å². The molecule has 2 aromatic carbocycles. The minimum atomic E-state index is -0.986. The second-order valence-electron chi connectivity index (χ2n) is 6.22. The third-order valence-corrected chi connectivity index (χ3v) is 4.49. The number of ether oxygens (including phenoxy) is 2. The van der Waals surface area contributed by atoms with E-state index in [0.29, 0.717) is 11.3 Å². The first-order valence-corrected chi connectivity index (χ1v) is 9.30. The van der Waals surface area contributed by atoms with Gasteiger partial charge in [0.1, 0.15) is 5.75 Å². The predicted octanol–water partition coefficient (Wildman–Crippen LogP) is 3.78. The monoisotopic (exact) mass is 417 g/mol. The lowest BCUT2D eigenvalue weighted by Crippen LogP contribution is -2.36. The topological polar surface area (TPSA) is 64.6 Å². The molecule has 0 saturated heterocycles. The second kappa shape index (κ2) is 8.36. The van der Waals surface area contributed by atoms with E-state index >= 15 is 0 Å². The van der Waals surface area contributed by atoms with Gasteiger partial charge in [0.25, 0.3) is 5.91 Å². The van der Waals surface area contributed by atoms with Crippen molar-refractivity contribution in [3.63, 3.8) is 0 Å². The summed E-state index contributed by atoms with van der Waals surface area (Å²) in [7, 11) is 0. The highest BCUT2D eigenvalue weighted by Gasteiger charge is 2.32. The Morgan fingerprint density at radius 1 is 1.08 bits per heavy atom. The highest BCUT2D eigenvalue weighted by molar-refractivity contribution is 9.10. The molecule has 3 rings (SSSR count). The largest absolute Gasteiger partial charge is 0.479 e. The summed E-state index contributed by atoms with van der Waals surface area (Å²) < 4.78 is 12.0. The summed E-state index contributed by atoms with van der Waals surface area (Å²) in [6, 6.07) is 16.3. The van der Waals surface area contributed by atoms with Gasteiger partial charge >= 0.3 is 5.97 Å². The Bertz CT molecular complexity index is 759. The van der Waals surface area contributed by atoms with Crippen molar-refractivity contribution in [3.8, 4) is 5.75 Å². The molecule has 1 amide bonds. The molecule has 2 aromatic rings. The van der Waals surface area contributed by atoms with Crippen molar-refractivity contribution in [1.82, 2.24) is 5.32 Å². The quantitative estimate of drug-likeness (QED) is 0.696. The lowest BCUT2D eigenvalue weighted by Gasteiger charge is -2.20. The lowest BCUT2D eigenvalue weighted by molar-refractivity contribution is -0.162. The molecule has 0 bridgehead atoms. The highest BCUT2D eigenvalue weighted by Crippen LogP contribution is 2.24. The van der Waals surface area contributed by atoms with Crippen LogP contribution in [0.4, 0.5) is 0 Å². The van der Waals surface area contributed by atoms with Crippen LogP contribution in [0.3, 0.4) is 0 Å². The fourth-order valence-electron chi connectivity index (χ4n) is 2.38. The van der Waals surface area contributed by atoms with Gasteiger partial charge in [-0.1, -0.05) is 46.3 Å². The van der Waals surface area contributed by atoms with Crippen molar-refractivity contribution < 1.29 is 19.1 Å². The molecular formula is C20H20BrNO4. The summed E-state index contributed by atoms with van der Waals surface area (Å²) in [6.07, 6.45) is 0.102. The van der Waals surface area contributed by atoms with E-state index in [2.05, 4.69) is 21.2 Å². The van der Waals surface area contributed by atoms with Gasteiger partial charge in [0.05, 0.1) is 0 Å². The number of nitrogens with one attached hydrogen (secondary N) is 1. The molecule has 0 unspecified atom stereocenters. The Kier molecular flexibility index (Phi) is 5.93.